The van der Waals surface area contributed by atoms with Gasteiger partial charge in [-0.25, -0.2) is 8.42 Å². The smallest absolute Gasteiger partial charge is 0.252 e. The lowest BCUT2D eigenvalue weighted by molar-refractivity contribution is -0.121. The van der Waals surface area contributed by atoms with E-state index in [1.54, 1.807) is 12.1 Å². The second-order valence-corrected chi connectivity index (χ2v) is 10.9. The second kappa shape index (κ2) is 9.47. The van der Waals surface area contributed by atoms with E-state index in [0.717, 1.165) is 22.8 Å². The molecule has 3 rings (SSSR count). The van der Waals surface area contributed by atoms with Gasteiger partial charge in [0.2, 0.25) is 5.91 Å². The minimum absolute atomic E-state index is 0.0551. The number of sulfonamides is 1. The third-order valence-corrected chi connectivity index (χ3v) is 8.79. The fourth-order valence-corrected chi connectivity index (χ4v) is 6.56. The molecule has 0 unspecified atom stereocenters. The molecule has 0 aliphatic carbocycles. The molecule has 1 atom stereocenters. The summed E-state index contributed by atoms with van der Waals surface area (Å²) in [5.74, 6) is 0.637. The molecular formula is C20H25ClN2O4S2. The molecule has 1 N–H and O–H groups in total. The van der Waals surface area contributed by atoms with Crippen LogP contribution in [0, 0.1) is 11.8 Å². The highest BCUT2D eigenvalue weighted by Gasteiger charge is 2.34. The maximum atomic E-state index is 12.7. The summed E-state index contributed by atoms with van der Waals surface area (Å²) in [6, 6.07) is 10.4. The molecular weight excluding hydrogens is 432 g/mol. The van der Waals surface area contributed by atoms with Crippen molar-refractivity contribution in [3.8, 4) is 5.75 Å². The Morgan fingerprint density at radius 3 is 2.45 bits per heavy atom. The van der Waals surface area contributed by atoms with Gasteiger partial charge < -0.3 is 10.1 Å². The zero-order valence-corrected chi connectivity index (χ0v) is 18.8. The van der Waals surface area contributed by atoms with E-state index < -0.39 is 10.0 Å². The van der Waals surface area contributed by atoms with Crippen LogP contribution in [0.4, 0.5) is 5.69 Å². The van der Waals surface area contributed by atoms with Crippen LogP contribution >= 0.6 is 22.9 Å². The lowest BCUT2D eigenvalue weighted by Crippen LogP contribution is -2.41. The van der Waals surface area contributed by atoms with Crippen molar-refractivity contribution < 1.29 is 17.9 Å². The van der Waals surface area contributed by atoms with Gasteiger partial charge in [-0.2, -0.15) is 4.31 Å². The number of nitrogens with zero attached hydrogens (tertiary/aromatic N) is 1. The van der Waals surface area contributed by atoms with Gasteiger partial charge in [0.25, 0.3) is 10.0 Å². The van der Waals surface area contributed by atoms with Crippen molar-refractivity contribution in [2.45, 2.75) is 30.9 Å². The van der Waals surface area contributed by atoms with E-state index in [9.17, 15) is 13.2 Å². The standard InChI is InChI=1S/C20H25ClN2O4S2/c1-3-27-17-6-4-16(5-7-17)22-20(24)14(2)15-10-12-23(13-11-15)29(25,26)19-9-8-18(21)28-19/h4-9,14-15H,3,10-13H2,1-2H3,(H,22,24)/t14-/m0/s1. The highest BCUT2D eigenvalue weighted by atomic mass is 35.5. The molecule has 158 valence electrons. The average molecular weight is 457 g/mol. The Hall–Kier alpha value is -1.61. The minimum atomic E-state index is -3.51. The fourth-order valence-electron chi connectivity index (χ4n) is 3.45. The molecule has 2 aromatic rings. The Morgan fingerprint density at radius 1 is 1.24 bits per heavy atom. The van der Waals surface area contributed by atoms with Gasteiger partial charge in [0.15, 0.2) is 0 Å². The van der Waals surface area contributed by atoms with Crippen molar-refractivity contribution in [3.05, 3.63) is 40.7 Å². The van der Waals surface area contributed by atoms with Crippen molar-refractivity contribution in [3.63, 3.8) is 0 Å². The predicted molar refractivity (Wildman–Crippen MR) is 116 cm³/mol. The summed E-state index contributed by atoms with van der Waals surface area (Å²) in [6.07, 6.45) is 1.30. The Kier molecular flexibility index (Phi) is 7.21. The van der Waals surface area contributed by atoms with E-state index in [1.165, 1.54) is 4.31 Å². The first-order valence-electron chi connectivity index (χ1n) is 9.60. The molecule has 1 saturated heterocycles. The molecule has 1 amide bonds. The highest BCUT2D eigenvalue weighted by molar-refractivity contribution is 7.91. The largest absolute Gasteiger partial charge is 0.494 e. The molecule has 0 bridgehead atoms. The number of amides is 1. The normalized spacial score (nSPS) is 17.1. The first-order valence-corrected chi connectivity index (χ1v) is 12.2. The number of thiophene rings is 1. The minimum Gasteiger partial charge on any atom is -0.494 e. The number of ether oxygens (including phenoxy) is 1. The fraction of sp³-hybridized carbons (Fsp3) is 0.450. The van der Waals surface area contributed by atoms with E-state index >= 15 is 0 Å². The summed E-state index contributed by atoms with van der Waals surface area (Å²) in [6.45, 7) is 5.23. The van der Waals surface area contributed by atoms with Crippen molar-refractivity contribution in [1.82, 2.24) is 4.31 Å². The van der Waals surface area contributed by atoms with Gasteiger partial charge in [-0.05, 0) is 62.1 Å². The molecule has 29 heavy (non-hydrogen) atoms. The molecule has 6 nitrogen and oxygen atoms in total. The summed E-state index contributed by atoms with van der Waals surface area (Å²) in [5, 5.41) is 2.94. The highest BCUT2D eigenvalue weighted by Crippen LogP contribution is 2.32. The number of hydrogen-bond acceptors (Lipinski definition) is 5. The van der Waals surface area contributed by atoms with Crippen molar-refractivity contribution >= 4 is 44.6 Å². The van der Waals surface area contributed by atoms with Crippen LogP contribution in [0.25, 0.3) is 0 Å². The van der Waals surface area contributed by atoms with Gasteiger partial charge in [0.1, 0.15) is 9.96 Å². The quantitative estimate of drug-likeness (QED) is 0.666. The molecule has 0 radical (unpaired) electrons. The monoisotopic (exact) mass is 456 g/mol. The van der Waals surface area contributed by atoms with Crippen molar-refractivity contribution in [2.75, 3.05) is 25.0 Å². The Bertz CT molecular complexity index is 936. The third-order valence-electron chi connectivity index (χ3n) is 5.19. The van der Waals surface area contributed by atoms with Crippen LogP contribution in [0.3, 0.4) is 0 Å². The molecule has 1 aromatic carbocycles. The number of hydrogen-bond donors (Lipinski definition) is 1. The number of nitrogens with one attached hydrogen (secondary N) is 1. The summed E-state index contributed by atoms with van der Waals surface area (Å²) >= 11 is 6.95. The number of anilines is 1. The van der Waals surface area contributed by atoms with Crippen LogP contribution < -0.4 is 10.1 Å². The first-order chi connectivity index (χ1) is 13.8. The number of rotatable bonds is 7. The average Bonchev–Trinajstić information content (AvgIpc) is 3.16. The molecule has 0 saturated carbocycles. The maximum absolute atomic E-state index is 12.7. The molecule has 0 spiro atoms. The van der Waals surface area contributed by atoms with Crippen LogP contribution in [0.2, 0.25) is 4.34 Å². The Morgan fingerprint density at radius 2 is 1.90 bits per heavy atom. The van der Waals surface area contributed by atoms with E-state index in [2.05, 4.69) is 5.32 Å². The SMILES string of the molecule is CCOc1ccc(NC(=O)[C@@H](C)C2CCN(S(=O)(=O)c3ccc(Cl)s3)CC2)cc1. The summed E-state index contributed by atoms with van der Waals surface area (Å²) in [4.78, 5) is 12.6. The van der Waals surface area contributed by atoms with Gasteiger partial charge in [-0.1, -0.05) is 18.5 Å². The molecule has 1 aliphatic heterocycles. The molecule has 2 heterocycles. The van der Waals surface area contributed by atoms with Gasteiger partial charge >= 0.3 is 0 Å². The predicted octanol–water partition coefficient (Wildman–Crippen LogP) is 4.48. The van der Waals surface area contributed by atoms with E-state index in [0.29, 0.717) is 36.9 Å². The number of halogens is 1. The van der Waals surface area contributed by atoms with Gasteiger partial charge in [0, 0.05) is 24.7 Å². The number of carbonyl (C=O) groups is 1. The molecule has 1 fully saturated rings. The number of benzene rings is 1. The maximum Gasteiger partial charge on any atom is 0.252 e. The molecule has 1 aromatic heterocycles. The van der Waals surface area contributed by atoms with Crippen LogP contribution in [0.5, 0.6) is 5.75 Å². The van der Waals surface area contributed by atoms with Crippen LogP contribution in [0.15, 0.2) is 40.6 Å². The lowest BCUT2D eigenvalue weighted by atomic mass is 9.85. The van der Waals surface area contributed by atoms with Crippen molar-refractivity contribution in [1.29, 1.82) is 0 Å². The zero-order valence-electron chi connectivity index (χ0n) is 16.4. The number of carbonyl (C=O) groups excluding carboxylic acids is 1. The van der Waals surface area contributed by atoms with Gasteiger partial charge in [-0.3, -0.25) is 4.79 Å². The van der Waals surface area contributed by atoms with Crippen molar-refractivity contribution in [2.24, 2.45) is 11.8 Å². The summed E-state index contributed by atoms with van der Waals surface area (Å²) < 4.78 is 33.0. The van der Waals surface area contributed by atoms with Gasteiger partial charge in [-0.15, -0.1) is 11.3 Å². The topological polar surface area (TPSA) is 75.7 Å². The summed E-state index contributed by atoms with van der Waals surface area (Å²) in [7, 11) is -3.51. The Balaban J connectivity index is 1.55. The molecule has 1 aliphatic rings. The number of piperidine rings is 1. The second-order valence-electron chi connectivity index (χ2n) is 7.04. The van der Waals surface area contributed by atoms with Gasteiger partial charge in [0.05, 0.1) is 10.9 Å². The van der Waals surface area contributed by atoms with E-state index in [1.807, 2.05) is 38.1 Å². The van der Waals surface area contributed by atoms with Crippen LogP contribution in [-0.4, -0.2) is 38.3 Å². The lowest BCUT2D eigenvalue weighted by Gasteiger charge is -2.33. The summed E-state index contributed by atoms with van der Waals surface area (Å²) in [5.41, 5.74) is 0.722. The van der Waals surface area contributed by atoms with E-state index in [-0.39, 0.29) is 22.0 Å². The van der Waals surface area contributed by atoms with E-state index in [4.69, 9.17) is 16.3 Å². The third kappa shape index (κ3) is 5.31. The van der Waals surface area contributed by atoms with Crippen LogP contribution in [0.1, 0.15) is 26.7 Å². The Labute approximate surface area is 180 Å². The zero-order chi connectivity index (χ0) is 21.0. The first kappa shape index (κ1) is 22.1. The van der Waals surface area contributed by atoms with Crippen LogP contribution in [-0.2, 0) is 14.8 Å². The molecule has 9 heteroatoms.